The van der Waals surface area contributed by atoms with E-state index in [4.69, 9.17) is 18.9 Å². The number of rotatable bonds is 5. The molecule has 1 aromatic rings. The summed E-state index contributed by atoms with van der Waals surface area (Å²) in [7, 11) is 2.75. The third-order valence-electron chi connectivity index (χ3n) is 3.27. The van der Waals surface area contributed by atoms with E-state index in [0.717, 1.165) is 6.42 Å². The number of ether oxygens (including phenoxy) is 4. The number of esters is 1. The Morgan fingerprint density at radius 3 is 2.43 bits per heavy atom. The van der Waals surface area contributed by atoms with E-state index in [0.29, 0.717) is 24.7 Å². The number of hydrogen-bond donors (Lipinski definition) is 0. The van der Waals surface area contributed by atoms with Gasteiger partial charge in [-0.1, -0.05) is 0 Å². The first-order valence-electron chi connectivity index (χ1n) is 6.62. The van der Waals surface area contributed by atoms with Crippen molar-refractivity contribution < 1.29 is 28.5 Å². The van der Waals surface area contributed by atoms with Crippen LogP contribution >= 0.6 is 0 Å². The summed E-state index contributed by atoms with van der Waals surface area (Å²) in [5.74, 6) is -0.0297. The summed E-state index contributed by atoms with van der Waals surface area (Å²) < 4.78 is 21.0. The van der Waals surface area contributed by atoms with Crippen LogP contribution in [0.1, 0.15) is 34.1 Å². The standard InChI is InChI=1S/C15H18O6/c1-9(16)11-6-13(18-2)14(7-12(11)15(17)19-3)21-10-4-5-20-8-10/h6-7,10H,4-5,8H2,1-3H3/t10-/m0/s1. The molecule has 1 aliphatic rings. The Morgan fingerprint density at radius 2 is 1.90 bits per heavy atom. The topological polar surface area (TPSA) is 71.1 Å². The second-order valence-electron chi connectivity index (χ2n) is 4.70. The summed E-state index contributed by atoms with van der Waals surface area (Å²) >= 11 is 0. The highest BCUT2D eigenvalue weighted by Crippen LogP contribution is 2.33. The van der Waals surface area contributed by atoms with Crippen molar-refractivity contribution in [2.45, 2.75) is 19.4 Å². The first-order chi connectivity index (χ1) is 10.1. The van der Waals surface area contributed by atoms with E-state index in [1.165, 1.54) is 33.3 Å². The minimum Gasteiger partial charge on any atom is -0.493 e. The van der Waals surface area contributed by atoms with Crippen LogP contribution in [-0.4, -0.2) is 45.3 Å². The molecule has 0 radical (unpaired) electrons. The summed E-state index contributed by atoms with van der Waals surface area (Å²) in [5, 5.41) is 0. The van der Waals surface area contributed by atoms with Gasteiger partial charge in [-0.25, -0.2) is 4.79 Å². The molecule has 0 unspecified atom stereocenters. The van der Waals surface area contributed by atoms with Crippen LogP contribution in [0.4, 0.5) is 0 Å². The molecule has 6 heteroatoms. The summed E-state index contributed by atoms with van der Waals surface area (Å²) in [5.41, 5.74) is 0.411. The minimum atomic E-state index is -0.588. The third-order valence-corrected chi connectivity index (χ3v) is 3.27. The fraction of sp³-hybridized carbons (Fsp3) is 0.467. The molecule has 1 saturated heterocycles. The van der Waals surface area contributed by atoms with Crippen LogP contribution in [0.25, 0.3) is 0 Å². The van der Waals surface area contributed by atoms with E-state index < -0.39 is 5.97 Å². The van der Waals surface area contributed by atoms with Crippen molar-refractivity contribution in [3.05, 3.63) is 23.3 Å². The third kappa shape index (κ3) is 3.33. The van der Waals surface area contributed by atoms with Crippen LogP contribution in [-0.2, 0) is 9.47 Å². The highest BCUT2D eigenvalue weighted by atomic mass is 16.6. The Hall–Kier alpha value is -2.08. The summed E-state index contributed by atoms with van der Waals surface area (Å²) in [4.78, 5) is 23.5. The smallest absolute Gasteiger partial charge is 0.338 e. The molecule has 0 saturated carbocycles. The maximum Gasteiger partial charge on any atom is 0.338 e. The molecule has 0 aromatic heterocycles. The van der Waals surface area contributed by atoms with E-state index in [1.807, 2.05) is 0 Å². The number of methoxy groups -OCH3 is 2. The number of benzene rings is 1. The van der Waals surface area contributed by atoms with Gasteiger partial charge < -0.3 is 18.9 Å². The molecule has 1 heterocycles. The van der Waals surface area contributed by atoms with Gasteiger partial charge in [0, 0.05) is 12.0 Å². The van der Waals surface area contributed by atoms with E-state index in [2.05, 4.69) is 0 Å². The molecule has 1 atom stereocenters. The molecule has 114 valence electrons. The van der Waals surface area contributed by atoms with Crippen LogP contribution in [0.15, 0.2) is 12.1 Å². The molecule has 2 rings (SSSR count). The zero-order valence-corrected chi connectivity index (χ0v) is 12.3. The molecular weight excluding hydrogens is 276 g/mol. The molecule has 6 nitrogen and oxygen atoms in total. The van der Waals surface area contributed by atoms with Crippen molar-refractivity contribution in [3.63, 3.8) is 0 Å². The van der Waals surface area contributed by atoms with Gasteiger partial charge >= 0.3 is 5.97 Å². The Balaban J connectivity index is 2.42. The Bertz CT molecular complexity index is 545. The molecule has 1 aromatic carbocycles. The molecule has 1 fully saturated rings. The second-order valence-corrected chi connectivity index (χ2v) is 4.70. The van der Waals surface area contributed by atoms with Crippen molar-refractivity contribution in [2.75, 3.05) is 27.4 Å². The fourth-order valence-electron chi connectivity index (χ4n) is 2.17. The molecule has 0 amide bonds. The van der Waals surface area contributed by atoms with Gasteiger partial charge in [-0.2, -0.15) is 0 Å². The van der Waals surface area contributed by atoms with Crippen LogP contribution in [0.2, 0.25) is 0 Å². The number of Topliss-reactive ketones (excluding diaryl/α,β-unsaturated/α-hetero) is 1. The largest absolute Gasteiger partial charge is 0.493 e. The predicted octanol–water partition coefficient (Wildman–Crippen LogP) is 1.85. The van der Waals surface area contributed by atoms with Gasteiger partial charge in [-0.15, -0.1) is 0 Å². The lowest BCUT2D eigenvalue weighted by atomic mass is 10.0. The number of hydrogen-bond acceptors (Lipinski definition) is 6. The second kappa shape index (κ2) is 6.58. The van der Waals surface area contributed by atoms with Crippen molar-refractivity contribution in [3.8, 4) is 11.5 Å². The average Bonchev–Trinajstić information content (AvgIpc) is 2.98. The zero-order valence-electron chi connectivity index (χ0n) is 12.3. The molecule has 0 spiro atoms. The highest BCUT2D eigenvalue weighted by molar-refractivity contribution is 6.06. The van der Waals surface area contributed by atoms with Gasteiger partial charge in [0.15, 0.2) is 17.3 Å². The Morgan fingerprint density at radius 1 is 1.19 bits per heavy atom. The minimum absolute atomic E-state index is 0.0902. The lowest BCUT2D eigenvalue weighted by Crippen LogP contribution is -2.17. The van der Waals surface area contributed by atoms with Gasteiger partial charge in [0.2, 0.25) is 0 Å². The normalized spacial score (nSPS) is 17.4. The van der Waals surface area contributed by atoms with Crippen LogP contribution in [0.5, 0.6) is 11.5 Å². The van der Waals surface area contributed by atoms with E-state index >= 15 is 0 Å². The SMILES string of the molecule is COC(=O)c1cc(O[C@H]2CCOC2)c(OC)cc1C(C)=O. The fourth-order valence-corrected chi connectivity index (χ4v) is 2.17. The Labute approximate surface area is 122 Å². The van der Waals surface area contributed by atoms with Crippen LogP contribution in [0, 0.1) is 0 Å². The maximum absolute atomic E-state index is 11.8. The first kappa shape index (κ1) is 15.3. The van der Waals surface area contributed by atoms with E-state index in [1.54, 1.807) is 0 Å². The summed E-state index contributed by atoms with van der Waals surface area (Å²) in [6, 6.07) is 2.99. The number of ketones is 1. The number of carbonyl (C=O) groups is 2. The van der Waals surface area contributed by atoms with Gasteiger partial charge in [-0.3, -0.25) is 4.79 Å². The number of carbonyl (C=O) groups excluding carboxylic acids is 2. The summed E-state index contributed by atoms with van der Waals surface area (Å²) in [6.45, 7) is 2.51. The quantitative estimate of drug-likeness (QED) is 0.609. The van der Waals surface area contributed by atoms with Crippen molar-refractivity contribution in [2.24, 2.45) is 0 Å². The predicted molar refractivity (Wildman–Crippen MR) is 74.2 cm³/mol. The Kier molecular flexibility index (Phi) is 4.80. The van der Waals surface area contributed by atoms with Crippen LogP contribution < -0.4 is 9.47 Å². The molecule has 0 N–H and O–H groups in total. The van der Waals surface area contributed by atoms with Crippen molar-refractivity contribution in [1.29, 1.82) is 0 Å². The van der Waals surface area contributed by atoms with Gasteiger partial charge in [0.25, 0.3) is 0 Å². The molecule has 0 bridgehead atoms. The first-order valence-corrected chi connectivity index (χ1v) is 6.62. The zero-order chi connectivity index (χ0) is 15.4. The van der Waals surface area contributed by atoms with E-state index in [9.17, 15) is 9.59 Å². The van der Waals surface area contributed by atoms with Crippen molar-refractivity contribution >= 4 is 11.8 Å². The molecule has 1 aliphatic heterocycles. The van der Waals surface area contributed by atoms with Gasteiger partial charge in [0.05, 0.1) is 33.0 Å². The highest BCUT2D eigenvalue weighted by Gasteiger charge is 2.23. The monoisotopic (exact) mass is 294 g/mol. The molecule has 21 heavy (non-hydrogen) atoms. The van der Waals surface area contributed by atoms with Crippen LogP contribution in [0.3, 0.4) is 0 Å². The lowest BCUT2D eigenvalue weighted by Gasteiger charge is -2.17. The molecular formula is C15H18O6. The average molecular weight is 294 g/mol. The molecule has 0 aliphatic carbocycles. The lowest BCUT2D eigenvalue weighted by molar-refractivity contribution is 0.0596. The van der Waals surface area contributed by atoms with Gasteiger partial charge in [-0.05, 0) is 19.1 Å². The van der Waals surface area contributed by atoms with Gasteiger partial charge in [0.1, 0.15) is 6.10 Å². The van der Waals surface area contributed by atoms with Crippen molar-refractivity contribution in [1.82, 2.24) is 0 Å². The summed E-state index contributed by atoms with van der Waals surface area (Å²) in [6.07, 6.45) is 0.679. The van der Waals surface area contributed by atoms with E-state index in [-0.39, 0.29) is 23.0 Å². The maximum atomic E-state index is 11.8.